The Balaban J connectivity index is 1.86. The molecule has 1 heterocycles. The molecule has 6 heteroatoms. The van der Waals surface area contributed by atoms with Gasteiger partial charge in [0.1, 0.15) is 11.6 Å². The number of amides is 1. The van der Waals surface area contributed by atoms with Crippen LogP contribution in [0.4, 0.5) is 9.52 Å². The Morgan fingerprint density at radius 2 is 2.14 bits per heavy atom. The molecule has 0 aliphatic rings. The second-order valence-electron chi connectivity index (χ2n) is 4.32. The first kappa shape index (κ1) is 13.5. The number of anilines is 1. The van der Waals surface area contributed by atoms with Crippen molar-refractivity contribution in [1.82, 2.24) is 4.98 Å². The molecule has 0 radical (unpaired) electrons. The number of aromatic nitrogens is 1. The van der Waals surface area contributed by atoms with Gasteiger partial charge >= 0.3 is 0 Å². The summed E-state index contributed by atoms with van der Waals surface area (Å²) in [7, 11) is 1.58. The van der Waals surface area contributed by atoms with Crippen LogP contribution in [0, 0.1) is 5.82 Å². The molecule has 106 valence electrons. The summed E-state index contributed by atoms with van der Waals surface area (Å²) in [6.07, 6.45) is 0. The third kappa shape index (κ3) is 2.85. The van der Waals surface area contributed by atoms with E-state index in [1.54, 1.807) is 19.2 Å². The van der Waals surface area contributed by atoms with Gasteiger partial charge in [0.05, 0.1) is 17.3 Å². The SMILES string of the molecule is COc1ccc2sc(NC(=O)c3cccc(F)c3)nc2c1. The van der Waals surface area contributed by atoms with Gasteiger partial charge < -0.3 is 4.74 Å². The van der Waals surface area contributed by atoms with Crippen molar-refractivity contribution in [3.8, 4) is 5.75 Å². The van der Waals surface area contributed by atoms with Crippen LogP contribution in [0.5, 0.6) is 5.75 Å². The largest absolute Gasteiger partial charge is 0.497 e. The molecule has 21 heavy (non-hydrogen) atoms. The highest BCUT2D eigenvalue weighted by Gasteiger charge is 2.11. The van der Waals surface area contributed by atoms with Crippen molar-refractivity contribution in [2.75, 3.05) is 12.4 Å². The molecule has 2 aromatic carbocycles. The van der Waals surface area contributed by atoms with E-state index >= 15 is 0 Å². The molecule has 3 rings (SSSR count). The van der Waals surface area contributed by atoms with Gasteiger partial charge in [-0.05, 0) is 30.3 Å². The number of nitrogens with one attached hydrogen (secondary N) is 1. The van der Waals surface area contributed by atoms with E-state index in [-0.39, 0.29) is 11.5 Å². The molecular weight excluding hydrogens is 291 g/mol. The lowest BCUT2D eigenvalue weighted by Crippen LogP contribution is -2.11. The van der Waals surface area contributed by atoms with E-state index in [4.69, 9.17) is 4.74 Å². The summed E-state index contributed by atoms with van der Waals surface area (Å²) in [5.41, 5.74) is 1.00. The standard InChI is InChI=1S/C15H11FN2O2S/c1-20-11-5-6-13-12(8-11)17-15(21-13)18-14(19)9-3-2-4-10(16)7-9/h2-8H,1H3,(H,17,18,19). The minimum atomic E-state index is -0.448. The van der Waals surface area contributed by atoms with Crippen LogP contribution < -0.4 is 10.1 Å². The Hall–Kier alpha value is -2.47. The normalized spacial score (nSPS) is 10.6. The quantitative estimate of drug-likeness (QED) is 0.802. The number of hydrogen-bond donors (Lipinski definition) is 1. The lowest BCUT2D eigenvalue weighted by Gasteiger charge is -2.01. The minimum Gasteiger partial charge on any atom is -0.497 e. The Morgan fingerprint density at radius 1 is 1.29 bits per heavy atom. The maximum atomic E-state index is 13.1. The van der Waals surface area contributed by atoms with E-state index in [1.165, 1.54) is 29.5 Å². The van der Waals surface area contributed by atoms with Crippen LogP contribution in [-0.2, 0) is 0 Å². The zero-order chi connectivity index (χ0) is 14.8. The maximum Gasteiger partial charge on any atom is 0.257 e. The fourth-order valence-corrected chi connectivity index (χ4v) is 2.73. The van der Waals surface area contributed by atoms with Gasteiger partial charge in [-0.25, -0.2) is 9.37 Å². The first-order valence-corrected chi connectivity index (χ1v) is 6.99. The van der Waals surface area contributed by atoms with E-state index in [0.29, 0.717) is 10.9 Å². The van der Waals surface area contributed by atoms with E-state index < -0.39 is 5.82 Å². The van der Waals surface area contributed by atoms with Crippen LogP contribution in [0.1, 0.15) is 10.4 Å². The number of carbonyl (C=O) groups excluding carboxylic acids is 1. The Morgan fingerprint density at radius 3 is 2.90 bits per heavy atom. The lowest BCUT2D eigenvalue weighted by molar-refractivity contribution is 0.102. The van der Waals surface area contributed by atoms with E-state index in [9.17, 15) is 9.18 Å². The van der Waals surface area contributed by atoms with Crippen molar-refractivity contribution in [1.29, 1.82) is 0 Å². The third-order valence-corrected chi connectivity index (χ3v) is 3.85. The molecule has 0 atom stereocenters. The molecular formula is C15H11FN2O2S. The Labute approximate surface area is 124 Å². The van der Waals surface area contributed by atoms with Gasteiger partial charge in [0.15, 0.2) is 5.13 Å². The Bertz CT molecular complexity index is 816. The predicted octanol–water partition coefficient (Wildman–Crippen LogP) is 3.70. The lowest BCUT2D eigenvalue weighted by atomic mass is 10.2. The van der Waals surface area contributed by atoms with Crippen molar-refractivity contribution in [2.24, 2.45) is 0 Å². The van der Waals surface area contributed by atoms with Gasteiger partial charge in [-0.2, -0.15) is 0 Å². The van der Waals surface area contributed by atoms with Crippen LogP contribution in [-0.4, -0.2) is 18.0 Å². The summed E-state index contributed by atoms with van der Waals surface area (Å²) in [4.78, 5) is 16.4. The average Bonchev–Trinajstić information content (AvgIpc) is 2.88. The molecule has 4 nitrogen and oxygen atoms in total. The van der Waals surface area contributed by atoms with Crippen LogP contribution in [0.15, 0.2) is 42.5 Å². The fraction of sp³-hybridized carbons (Fsp3) is 0.0667. The zero-order valence-corrected chi connectivity index (χ0v) is 11.9. The number of ether oxygens (including phenoxy) is 1. The number of rotatable bonds is 3. The number of fused-ring (bicyclic) bond motifs is 1. The smallest absolute Gasteiger partial charge is 0.257 e. The number of nitrogens with zero attached hydrogens (tertiary/aromatic N) is 1. The highest BCUT2D eigenvalue weighted by atomic mass is 32.1. The molecule has 0 unspecified atom stereocenters. The summed E-state index contributed by atoms with van der Waals surface area (Å²) >= 11 is 1.35. The second-order valence-corrected chi connectivity index (χ2v) is 5.35. The fourth-order valence-electron chi connectivity index (χ4n) is 1.89. The van der Waals surface area contributed by atoms with E-state index in [0.717, 1.165) is 10.2 Å². The molecule has 0 aliphatic carbocycles. The highest BCUT2D eigenvalue weighted by Crippen LogP contribution is 2.29. The van der Waals surface area contributed by atoms with Crippen LogP contribution in [0.2, 0.25) is 0 Å². The van der Waals surface area contributed by atoms with Crippen molar-refractivity contribution in [3.63, 3.8) is 0 Å². The van der Waals surface area contributed by atoms with Crippen LogP contribution >= 0.6 is 11.3 Å². The first-order valence-electron chi connectivity index (χ1n) is 6.17. The number of benzene rings is 2. The summed E-state index contributed by atoms with van der Waals surface area (Å²) < 4.78 is 19.2. The monoisotopic (exact) mass is 302 g/mol. The summed E-state index contributed by atoms with van der Waals surface area (Å²) in [6.45, 7) is 0. The third-order valence-electron chi connectivity index (χ3n) is 2.90. The van der Waals surface area contributed by atoms with Crippen molar-refractivity contribution in [2.45, 2.75) is 0 Å². The van der Waals surface area contributed by atoms with Gasteiger partial charge in [0.25, 0.3) is 5.91 Å². The number of hydrogen-bond acceptors (Lipinski definition) is 4. The van der Waals surface area contributed by atoms with Gasteiger partial charge in [-0.1, -0.05) is 17.4 Å². The number of thiazole rings is 1. The Kier molecular flexibility index (Phi) is 3.53. The van der Waals surface area contributed by atoms with Crippen LogP contribution in [0.3, 0.4) is 0 Å². The summed E-state index contributed by atoms with van der Waals surface area (Å²) in [5, 5.41) is 3.14. The second kappa shape index (κ2) is 5.49. The number of carbonyl (C=O) groups is 1. The average molecular weight is 302 g/mol. The van der Waals surface area contributed by atoms with Gasteiger partial charge in [0, 0.05) is 11.6 Å². The predicted molar refractivity (Wildman–Crippen MR) is 80.5 cm³/mol. The number of halogens is 1. The van der Waals surface area contributed by atoms with Gasteiger partial charge in [0.2, 0.25) is 0 Å². The molecule has 0 fully saturated rings. The molecule has 1 N–H and O–H groups in total. The first-order chi connectivity index (χ1) is 10.2. The van der Waals surface area contributed by atoms with E-state index in [2.05, 4.69) is 10.3 Å². The maximum absolute atomic E-state index is 13.1. The molecule has 0 spiro atoms. The summed E-state index contributed by atoms with van der Waals surface area (Å²) in [5.74, 6) is -0.131. The zero-order valence-electron chi connectivity index (χ0n) is 11.1. The topological polar surface area (TPSA) is 51.2 Å². The summed E-state index contributed by atoms with van der Waals surface area (Å²) in [6, 6.07) is 11.0. The molecule has 0 bridgehead atoms. The number of methoxy groups -OCH3 is 1. The van der Waals surface area contributed by atoms with Gasteiger partial charge in [-0.15, -0.1) is 0 Å². The molecule has 0 aliphatic heterocycles. The molecule has 1 amide bonds. The molecule has 0 saturated heterocycles. The van der Waals surface area contributed by atoms with Crippen molar-refractivity contribution >= 4 is 32.6 Å². The van der Waals surface area contributed by atoms with Crippen molar-refractivity contribution < 1.29 is 13.9 Å². The molecule has 3 aromatic rings. The van der Waals surface area contributed by atoms with Gasteiger partial charge in [-0.3, -0.25) is 10.1 Å². The van der Waals surface area contributed by atoms with Crippen LogP contribution in [0.25, 0.3) is 10.2 Å². The highest BCUT2D eigenvalue weighted by molar-refractivity contribution is 7.22. The van der Waals surface area contributed by atoms with E-state index in [1.807, 2.05) is 12.1 Å². The molecule has 1 aromatic heterocycles. The minimum absolute atomic E-state index is 0.256. The molecule has 0 saturated carbocycles. The van der Waals surface area contributed by atoms with Crippen molar-refractivity contribution in [3.05, 3.63) is 53.8 Å².